The fourth-order valence-corrected chi connectivity index (χ4v) is 5.12. The summed E-state index contributed by atoms with van der Waals surface area (Å²) in [7, 11) is 0. The van der Waals surface area contributed by atoms with Crippen LogP contribution in [0.3, 0.4) is 0 Å². The Morgan fingerprint density at radius 1 is 1.11 bits per heavy atom. The van der Waals surface area contributed by atoms with Crippen LogP contribution in [-0.2, 0) is 15.3 Å². The van der Waals surface area contributed by atoms with Crippen LogP contribution in [0.5, 0.6) is 5.75 Å². The molecular weight excluding hydrogens is 376 g/mol. The fraction of sp³-hybridized carbons (Fsp3) is 0.318. The van der Waals surface area contributed by atoms with E-state index in [-0.39, 0.29) is 10.5 Å². The van der Waals surface area contributed by atoms with Gasteiger partial charge in [-0.05, 0) is 54.8 Å². The number of benzene rings is 2. The van der Waals surface area contributed by atoms with Crippen LogP contribution < -0.4 is 4.74 Å². The van der Waals surface area contributed by atoms with Crippen molar-refractivity contribution in [2.45, 2.75) is 23.3 Å². The van der Waals surface area contributed by atoms with Crippen molar-refractivity contribution in [2.24, 2.45) is 0 Å². The summed E-state index contributed by atoms with van der Waals surface area (Å²) < 4.78 is 5.86. The number of hydrogen-bond acceptors (Lipinski definition) is 4. The van der Waals surface area contributed by atoms with E-state index >= 15 is 0 Å². The summed E-state index contributed by atoms with van der Waals surface area (Å²) in [6.07, 6.45) is 5.97. The van der Waals surface area contributed by atoms with Crippen molar-refractivity contribution >= 4 is 29.5 Å². The molecule has 140 valence electrons. The number of carbonyl (C=O) groups is 1. The van der Waals surface area contributed by atoms with Crippen molar-refractivity contribution in [3.63, 3.8) is 0 Å². The van der Waals surface area contributed by atoms with Gasteiger partial charge in [-0.25, -0.2) is 0 Å². The molecule has 0 atom stereocenters. The van der Waals surface area contributed by atoms with Crippen molar-refractivity contribution in [1.29, 1.82) is 0 Å². The normalized spacial score (nSPS) is 14.4. The molecule has 27 heavy (non-hydrogen) atoms. The van der Waals surface area contributed by atoms with E-state index in [1.807, 2.05) is 59.9 Å². The van der Waals surface area contributed by atoms with Crippen molar-refractivity contribution in [3.8, 4) is 17.6 Å². The van der Waals surface area contributed by atoms with E-state index < -0.39 is 5.97 Å². The number of rotatable bonds is 5. The molecule has 1 heterocycles. The topological polar surface area (TPSA) is 46.5 Å². The third kappa shape index (κ3) is 4.63. The molecule has 0 saturated carbocycles. The molecule has 0 bridgehead atoms. The van der Waals surface area contributed by atoms with Gasteiger partial charge >= 0.3 is 5.97 Å². The Balaban J connectivity index is 1.80. The van der Waals surface area contributed by atoms with E-state index in [0.29, 0.717) is 6.42 Å². The maximum atomic E-state index is 10.7. The highest BCUT2D eigenvalue weighted by Crippen LogP contribution is 2.52. The van der Waals surface area contributed by atoms with Crippen molar-refractivity contribution in [2.75, 3.05) is 19.1 Å². The number of fused-ring (bicyclic) bond motifs is 1. The lowest BCUT2D eigenvalue weighted by molar-refractivity contribution is -0.136. The minimum absolute atomic E-state index is 0.0249. The van der Waals surface area contributed by atoms with Gasteiger partial charge in [0.15, 0.2) is 0 Å². The molecule has 3 rings (SSSR count). The van der Waals surface area contributed by atoms with E-state index in [9.17, 15) is 4.79 Å². The summed E-state index contributed by atoms with van der Waals surface area (Å²) in [4.78, 5) is 10.7. The Kier molecular flexibility index (Phi) is 6.41. The first-order valence-electron chi connectivity index (χ1n) is 8.77. The molecule has 0 aliphatic carbocycles. The molecule has 1 aliphatic rings. The highest BCUT2D eigenvalue weighted by molar-refractivity contribution is 8.16. The van der Waals surface area contributed by atoms with E-state index in [1.54, 1.807) is 0 Å². The lowest BCUT2D eigenvalue weighted by atomic mass is 10.0. The Labute approximate surface area is 168 Å². The first-order chi connectivity index (χ1) is 13.1. The van der Waals surface area contributed by atoms with E-state index in [2.05, 4.69) is 30.4 Å². The largest absolute Gasteiger partial charge is 0.493 e. The van der Waals surface area contributed by atoms with Crippen LogP contribution in [0.15, 0.2) is 42.5 Å². The highest BCUT2D eigenvalue weighted by atomic mass is 32.2. The molecule has 0 fully saturated rings. The average Bonchev–Trinajstić information content (AvgIpc) is 2.71. The average molecular weight is 399 g/mol. The first kappa shape index (κ1) is 19.7. The number of thioether (sulfide) groups is 2. The van der Waals surface area contributed by atoms with E-state index in [4.69, 9.17) is 9.84 Å². The maximum absolute atomic E-state index is 10.7. The van der Waals surface area contributed by atoms with Crippen LogP contribution in [0.4, 0.5) is 0 Å². The van der Waals surface area contributed by atoms with Crippen molar-refractivity contribution in [3.05, 3.63) is 64.7 Å². The summed E-state index contributed by atoms with van der Waals surface area (Å²) in [6.45, 7) is 0.744. The summed E-state index contributed by atoms with van der Waals surface area (Å²) >= 11 is 3.72. The van der Waals surface area contributed by atoms with Gasteiger partial charge in [-0.1, -0.05) is 24.0 Å². The summed E-state index contributed by atoms with van der Waals surface area (Å²) in [5.74, 6) is 6.63. The molecule has 0 radical (unpaired) electrons. The molecular formula is C22H22O3S2. The number of hydrogen-bond donors (Lipinski definition) is 1. The number of carboxylic acids is 1. The van der Waals surface area contributed by atoms with Gasteiger partial charge in [0.2, 0.25) is 0 Å². The molecule has 5 heteroatoms. The monoisotopic (exact) mass is 398 g/mol. The van der Waals surface area contributed by atoms with Gasteiger partial charge < -0.3 is 9.84 Å². The van der Waals surface area contributed by atoms with Gasteiger partial charge in [-0.3, -0.25) is 4.79 Å². The smallest absolute Gasteiger partial charge is 0.303 e. The van der Waals surface area contributed by atoms with E-state index in [0.717, 1.165) is 35.5 Å². The van der Waals surface area contributed by atoms with Gasteiger partial charge in [0.25, 0.3) is 0 Å². The second kappa shape index (κ2) is 8.77. The SMILES string of the molecule is CSC1(SC)CCOc2ccc(C#Cc3ccc(CCC(=O)O)cc3)cc21. The minimum atomic E-state index is -0.776. The van der Waals surface area contributed by atoms with Gasteiger partial charge in [0.1, 0.15) is 5.75 Å². The predicted molar refractivity (Wildman–Crippen MR) is 114 cm³/mol. The van der Waals surface area contributed by atoms with Crippen LogP contribution in [-0.4, -0.2) is 30.2 Å². The molecule has 3 nitrogen and oxygen atoms in total. The zero-order chi connectivity index (χ0) is 19.3. The number of aryl methyl sites for hydroxylation is 1. The summed E-state index contributed by atoms with van der Waals surface area (Å²) in [5, 5.41) is 8.76. The molecule has 0 saturated heterocycles. The Morgan fingerprint density at radius 2 is 1.78 bits per heavy atom. The lowest BCUT2D eigenvalue weighted by Crippen LogP contribution is -2.26. The van der Waals surface area contributed by atoms with Crippen LogP contribution in [0, 0.1) is 11.8 Å². The van der Waals surface area contributed by atoms with Gasteiger partial charge in [-0.15, -0.1) is 23.5 Å². The summed E-state index contributed by atoms with van der Waals surface area (Å²) in [5.41, 5.74) is 4.12. The second-order valence-electron chi connectivity index (χ2n) is 6.31. The molecule has 0 aromatic heterocycles. The van der Waals surface area contributed by atoms with Gasteiger partial charge in [-0.2, -0.15) is 0 Å². The Bertz CT molecular complexity index is 875. The molecule has 0 spiro atoms. The van der Waals surface area contributed by atoms with Crippen molar-refractivity contribution < 1.29 is 14.6 Å². The molecule has 0 unspecified atom stereocenters. The van der Waals surface area contributed by atoms with E-state index in [1.165, 1.54) is 5.56 Å². The summed E-state index contributed by atoms with van der Waals surface area (Å²) in [6, 6.07) is 14.0. The Morgan fingerprint density at radius 3 is 2.44 bits per heavy atom. The highest BCUT2D eigenvalue weighted by Gasteiger charge is 2.36. The zero-order valence-corrected chi connectivity index (χ0v) is 17.1. The first-order valence-corrected chi connectivity index (χ1v) is 11.2. The second-order valence-corrected chi connectivity index (χ2v) is 8.78. The van der Waals surface area contributed by atoms with Crippen LogP contribution in [0.2, 0.25) is 0 Å². The van der Waals surface area contributed by atoms with Crippen LogP contribution in [0.25, 0.3) is 0 Å². The zero-order valence-electron chi connectivity index (χ0n) is 15.5. The molecule has 1 aliphatic heterocycles. The molecule has 2 aromatic rings. The number of ether oxygens (including phenoxy) is 1. The fourth-order valence-electron chi connectivity index (χ4n) is 3.12. The molecule has 2 aromatic carbocycles. The number of aliphatic carboxylic acids is 1. The molecule has 1 N–H and O–H groups in total. The third-order valence-electron chi connectivity index (χ3n) is 4.67. The van der Waals surface area contributed by atoms with Crippen molar-refractivity contribution in [1.82, 2.24) is 0 Å². The van der Waals surface area contributed by atoms with Crippen LogP contribution >= 0.6 is 23.5 Å². The number of carboxylic acid groups (broad SMARTS) is 1. The maximum Gasteiger partial charge on any atom is 0.303 e. The third-order valence-corrected chi connectivity index (χ3v) is 7.84. The van der Waals surface area contributed by atoms with Gasteiger partial charge in [0, 0.05) is 29.5 Å². The lowest BCUT2D eigenvalue weighted by Gasteiger charge is -2.36. The van der Waals surface area contributed by atoms with Gasteiger partial charge in [0.05, 0.1) is 10.7 Å². The molecule has 0 amide bonds. The van der Waals surface area contributed by atoms with Crippen LogP contribution in [0.1, 0.15) is 35.1 Å². The minimum Gasteiger partial charge on any atom is -0.493 e. The quantitative estimate of drug-likeness (QED) is 0.581. The Hall–Kier alpha value is -2.03. The standard InChI is InChI=1S/C22H22O3S2/c1-26-22(27-2)13-14-25-20-11-9-18(15-19(20)22)8-7-16-3-5-17(6-4-16)10-12-21(23)24/h3-6,9,11,15H,10,12-14H2,1-2H3,(H,23,24). The predicted octanol–water partition coefficient (Wildman–Crippen LogP) is 4.76.